The van der Waals surface area contributed by atoms with Crippen LogP contribution in [0.3, 0.4) is 0 Å². The highest BCUT2D eigenvalue weighted by Gasteiger charge is 2.07. The minimum atomic E-state index is -0.0906. The molecule has 1 aromatic heterocycles. The second-order valence-corrected chi connectivity index (χ2v) is 7.19. The number of nitrogens with zero attached hydrogens (tertiary/aromatic N) is 2. The number of ether oxygens (including phenoxy) is 1. The van der Waals surface area contributed by atoms with Crippen LogP contribution in [0.1, 0.15) is 56.7 Å². The first kappa shape index (κ1) is 26.9. The molecule has 0 atom stereocenters. The molecule has 8 heteroatoms. The van der Waals surface area contributed by atoms with Crippen molar-refractivity contribution < 1.29 is 13.9 Å². The maximum Gasteiger partial charge on any atom is 0.305 e. The van der Waals surface area contributed by atoms with E-state index in [1.165, 1.54) is 5.56 Å². The lowest BCUT2D eigenvalue weighted by atomic mass is 10.1. The highest BCUT2D eigenvalue weighted by molar-refractivity contribution is 14.0. The SMILES string of the molecule is CCOC(=O)CCCCCCCNC(=NC)NCc1coc(-c2ccc(C)cc2)n1.I. The van der Waals surface area contributed by atoms with Crippen molar-refractivity contribution >= 4 is 35.9 Å². The molecule has 0 amide bonds. The standard InChI is InChI=1S/C23H34N4O3.HI/c1-4-29-21(28)10-8-6-5-7-9-15-25-23(24-3)26-16-20-17-30-22(27-20)19-13-11-18(2)12-14-19;/h11-14,17H,4-10,15-16H2,1-3H3,(H2,24,25,26);1H. The second kappa shape index (κ2) is 15.7. The Kier molecular flexibility index (Phi) is 13.6. The van der Waals surface area contributed by atoms with Crippen LogP contribution in [-0.2, 0) is 16.1 Å². The largest absolute Gasteiger partial charge is 0.466 e. The molecule has 31 heavy (non-hydrogen) atoms. The van der Waals surface area contributed by atoms with Crippen LogP contribution < -0.4 is 10.6 Å². The number of rotatable bonds is 12. The Morgan fingerprint density at radius 2 is 1.81 bits per heavy atom. The van der Waals surface area contributed by atoms with Crippen molar-refractivity contribution in [3.63, 3.8) is 0 Å². The summed E-state index contributed by atoms with van der Waals surface area (Å²) in [5, 5.41) is 6.58. The number of benzene rings is 1. The summed E-state index contributed by atoms with van der Waals surface area (Å²) in [7, 11) is 1.76. The number of esters is 1. The molecule has 0 spiro atoms. The van der Waals surface area contributed by atoms with Crippen LogP contribution in [0.15, 0.2) is 39.9 Å². The number of guanidine groups is 1. The summed E-state index contributed by atoms with van der Waals surface area (Å²) in [6.45, 7) is 5.75. The van der Waals surface area contributed by atoms with Crippen molar-refractivity contribution in [2.24, 2.45) is 4.99 Å². The fraction of sp³-hybridized carbons (Fsp3) is 0.522. The van der Waals surface area contributed by atoms with Gasteiger partial charge < -0.3 is 19.8 Å². The normalized spacial score (nSPS) is 11.0. The zero-order chi connectivity index (χ0) is 21.6. The summed E-state index contributed by atoms with van der Waals surface area (Å²) < 4.78 is 10.5. The van der Waals surface area contributed by atoms with Crippen molar-refractivity contribution in [1.29, 1.82) is 0 Å². The van der Waals surface area contributed by atoms with E-state index in [1.54, 1.807) is 13.3 Å². The fourth-order valence-electron chi connectivity index (χ4n) is 2.98. The molecular formula is C23H35IN4O3. The molecular weight excluding hydrogens is 507 g/mol. The molecule has 2 N–H and O–H groups in total. The zero-order valence-electron chi connectivity index (χ0n) is 18.8. The van der Waals surface area contributed by atoms with E-state index in [0.717, 1.165) is 55.9 Å². The number of oxazole rings is 1. The molecule has 172 valence electrons. The van der Waals surface area contributed by atoms with Crippen LogP contribution in [0.4, 0.5) is 0 Å². The Balaban J connectivity index is 0.00000480. The summed E-state index contributed by atoms with van der Waals surface area (Å²) in [6.07, 6.45) is 7.45. The molecule has 0 aliphatic carbocycles. The lowest BCUT2D eigenvalue weighted by molar-refractivity contribution is -0.143. The average Bonchev–Trinajstić information content (AvgIpc) is 3.22. The smallest absolute Gasteiger partial charge is 0.305 e. The molecule has 0 aliphatic rings. The first-order chi connectivity index (χ1) is 14.6. The maximum atomic E-state index is 11.3. The second-order valence-electron chi connectivity index (χ2n) is 7.19. The van der Waals surface area contributed by atoms with E-state index >= 15 is 0 Å². The minimum absolute atomic E-state index is 0. The summed E-state index contributed by atoms with van der Waals surface area (Å²) in [4.78, 5) is 20.1. The number of unbranched alkanes of at least 4 members (excludes halogenated alkanes) is 4. The van der Waals surface area contributed by atoms with Crippen molar-refractivity contribution in [3.05, 3.63) is 41.8 Å². The van der Waals surface area contributed by atoms with E-state index in [-0.39, 0.29) is 29.9 Å². The monoisotopic (exact) mass is 542 g/mol. The lowest BCUT2D eigenvalue weighted by Crippen LogP contribution is -2.37. The van der Waals surface area contributed by atoms with Gasteiger partial charge in [-0.15, -0.1) is 24.0 Å². The summed E-state index contributed by atoms with van der Waals surface area (Å²) >= 11 is 0. The Hall–Kier alpha value is -2.10. The van der Waals surface area contributed by atoms with E-state index in [2.05, 4.69) is 27.5 Å². The highest BCUT2D eigenvalue weighted by atomic mass is 127. The van der Waals surface area contributed by atoms with Gasteiger partial charge in [-0.25, -0.2) is 4.98 Å². The van der Waals surface area contributed by atoms with Gasteiger partial charge in [-0.3, -0.25) is 9.79 Å². The van der Waals surface area contributed by atoms with E-state index < -0.39 is 0 Å². The number of hydrogen-bond donors (Lipinski definition) is 2. The average molecular weight is 542 g/mol. The first-order valence-corrected chi connectivity index (χ1v) is 10.7. The third-order valence-corrected chi connectivity index (χ3v) is 4.67. The van der Waals surface area contributed by atoms with E-state index in [9.17, 15) is 4.79 Å². The molecule has 0 saturated carbocycles. The van der Waals surface area contributed by atoms with E-state index in [0.29, 0.717) is 25.5 Å². The molecule has 0 fully saturated rings. The van der Waals surface area contributed by atoms with Gasteiger partial charge in [0.2, 0.25) is 5.89 Å². The van der Waals surface area contributed by atoms with Crippen molar-refractivity contribution in [1.82, 2.24) is 15.6 Å². The molecule has 0 aliphatic heterocycles. The number of halogens is 1. The van der Waals surface area contributed by atoms with Crippen LogP contribution in [0.5, 0.6) is 0 Å². The van der Waals surface area contributed by atoms with Gasteiger partial charge >= 0.3 is 5.97 Å². The summed E-state index contributed by atoms with van der Waals surface area (Å²) in [5.74, 6) is 1.28. The van der Waals surface area contributed by atoms with Crippen molar-refractivity contribution in [2.45, 2.75) is 58.9 Å². The Morgan fingerprint density at radius 1 is 1.10 bits per heavy atom. The first-order valence-electron chi connectivity index (χ1n) is 10.7. The number of carbonyl (C=O) groups excluding carboxylic acids is 1. The quantitative estimate of drug-likeness (QED) is 0.131. The summed E-state index contributed by atoms with van der Waals surface area (Å²) in [6, 6.07) is 8.11. The van der Waals surface area contributed by atoms with Gasteiger partial charge in [0.25, 0.3) is 0 Å². The van der Waals surface area contributed by atoms with Crippen LogP contribution in [-0.4, -0.2) is 37.1 Å². The van der Waals surface area contributed by atoms with Gasteiger partial charge in [0, 0.05) is 25.6 Å². The summed E-state index contributed by atoms with van der Waals surface area (Å²) in [5.41, 5.74) is 3.01. The maximum absolute atomic E-state index is 11.3. The van der Waals surface area contributed by atoms with Crippen LogP contribution in [0.25, 0.3) is 11.5 Å². The van der Waals surface area contributed by atoms with E-state index in [1.807, 2.05) is 31.2 Å². The lowest BCUT2D eigenvalue weighted by Gasteiger charge is -2.10. The van der Waals surface area contributed by atoms with Crippen molar-refractivity contribution in [3.8, 4) is 11.5 Å². The zero-order valence-corrected chi connectivity index (χ0v) is 21.1. The molecule has 0 unspecified atom stereocenters. The van der Waals surface area contributed by atoms with Gasteiger partial charge in [0.1, 0.15) is 6.26 Å². The minimum Gasteiger partial charge on any atom is -0.466 e. The third kappa shape index (κ3) is 10.7. The predicted molar refractivity (Wildman–Crippen MR) is 135 cm³/mol. The van der Waals surface area contributed by atoms with Crippen LogP contribution in [0.2, 0.25) is 0 Å². The molecule has 7 nitrogen and oxygen atoms in total. The van der Waals surface area contributed by atoms with E-state index in [4.69, 9.17) is 9.15 Å². The molecule has 2 rings (SSSR count). The topological polar surface area (TPSA) is 88.8 Å². The number of hydrogen-bond acceptors (Lipinski definition) is 5. The number of aliphatic imine (C=N–C) groups is 1. The predicted octanol–water partition coefficient (Wildman–Crippen LogP) is 4.84. The Morgan fingerprint density at radius 3 is 2.52 bits per heavy atom. The number of carbonyl (C=O) groups is 1. The Bertz CT molecular complexity index is 790. The van der Waals surface area contributed by atoms with Gasteiger partial charge in [0.15, 0.2) is 5.96 Å². The molecule has 1 heterocycles. The third-order valence-electron chi connectivity index (χ3n) is 4.67. The molecule has 1 aromatic carbocycles. The molecule has 2 aromatic rings. The van der Waals surface area contributed by atoms with Gasteiger partial charge in [-0.1, -0.05) is 37.0 Å². The Labute approximate surface area is 202 Å². The number of nitrogens with one attached hydrogen (secondary N) is 2. The van der Waals surface area contributed by atoms with Gasteiger partial charge in [-0.05, 0) is 38.8 Å². The molecule has 0 bridgehead atoms. The molecule has 0 saturated heterocycles. The van der Waals surface area contributed by atoms with Gasteiger partial charge in [-0.2, -0.15) is 0 Å². The highest BCUT2D eigenvalue weighted by Crippen LogP contribution is 2.18. The van der Waals surface area contributed by atoms with Crippen LogP contribution >= 0.6 is 24.0 Å². The number of aromatic nitrogens is 1. The van der Waals surface area contributed by atoms with Crippen molar-refractivity contribution in [2.75, 3.05) is 20.2 Å². The fourth-order valence-corrected chi connectivity index (χ4v) is 2.98. The van der Waals surface area contributed by atoms with Crippen LogP contribution in [0, 0.1) is 6.92 Å². The molecule has 0 radical (unpaired) electrons. The number of aryl methyl sites for hydroxylation is 1. The van der Waals surface area contributed by atoms with Gasteiger partial charge in [0.05, 0.1) is 18.8 Å².